The van der Waals surface area contributed by atoms with E-state index in [1.807, 2.05) is 24.3 Å². The second kappa shape index (κ2) is 12.4. The molecule has 38 heavy (non-hydrogen) atoms. The summed E-state index contributed by atoms with van der Waals surface area (Å²) in [6.45, 7) is 3.06. The molecule has 1 N–H and O–H groups in total. The minimum absolute atomic E-state index is 0.238. The SMILES string of the molecule is COCCN(C)CCC1CCc2c(sc3ncnc(Nc4ccc(OCc5cccc(F)c5)c(Cl)c4)c23)C1. The quantitative estimate of drug-likeness (QED) is 0.218. The first-order chi connectivity index (χ1) is 18.5. The number of ether oxygens (including phenoxy) is 2. The third kappa shape index (κ3) is 6.43. The molecular weight excluding hydrogens is 523 g/mol. The van der Waals surface area contributed by atoms with E-state index >= 15 is 0 Å². The summed E-state index contributed by atoms with van der Waals surface area (Å²) >= 11 is 8.31. The number of nitrogens with one attached hydrogen (secondary N) is 1. The van der Waals surface area contributed by atoms with E-state index in [0.29, 0.717) is 16.7 Å². The van der Waals surface area contributed by atoms with Crippen LogP contribution in [-0.4, -0.2) is 48.7 Å². The zero-order chi connectivity index (χ0) is 26.5. The van der Waals surface area contributed by atoms with Crippen molar-refractivity contribution in [2.75, 3.05) is 39.2 Å². The van der Waals surface area contributed by atoms with Crippen LogP contribution in [0, 0.1) is 11.7 Å². The van der Waals surface area contributed by atoms with Gasteiger partial charge in [0.25, 0.3) is 0 Å². The summed E-state index contributed by atoms with van der Waals surface area (Å²) < 4.78 is 24.5. The fraction of sp³-hybridized carbons (Fsp3) is 0.379. The van der Waals surface area contributed by atoms with E-state index in [-0.39, 0.29) is 12.4 Å². The van der Waals surface area contributed by atoms with Crippen molar-refractivity contribution in [1.82, 2.24) is 14.9 Å². The largest absolute Gasteiger partial charge is 0.487 e. The van der Waals surface area contributed by atoms with Gasteiger partial charge in [-0.05, 0) is 86.7 Å². The fourth-order valence-electron chi connectivity index (χ4n) is 4.90. The molecule has 5 rings (SSSR count). The first-order valence-electron chi connectivity index (χ1n) is 12.9. The number of hydrogen-bond acceptors (Lipinski definition) is 7. The molecule has 0 saturated carbocycles. The smallest absolute Gasteiger partial charge is 0.142 e. The van der Waals surface area contributed by atoms with Gasteiger partial charge in [0.15, 0.2) is 0 Å². The maximum atomic E-state index is 13.4. The average molecular weight is 555 g/mol. The highest BCUT2D eigenvalue weighted by Crippen LogP contribution is 2.41. The molecule has 200 valence electrons. The van der Waals surface area contributed by atoms with Crippen LogP contribution in [0.2, 0.25) is 5.02 Å². The summed E-state index contributed by atoms with van der Waals surface area (Å²) in [4.78, 5) is 14.0. The van der Waals surface area contributed by atoms with E-state index < -0.39 is 0 Å². The van der Waals surface area contributed by atoms with E-state index in [2.05, 4.69) is 27.2 Å². The number of thiophene rings is 1. The number of fused-ring (bicyclic) bond motifs is 3. The maximum absolute atomic E-state index is 13.4. The van der Waals surface area contributed by atoms with Gasteiger partial charge < -0.3 is 19.7 Å². The molecule has 0 fully saturated rings. The van der Waals surface area contributed by atoms with Crippen LogP contribution in [0.5, 0.6) is 5.75 Å². The standard InChI is InChI=1S/C29H32ClFN4O2S/c1-35(12-13-36-2)11-10-19-6-8-23-26(15-19)38-29-27(23)28(32-18-33-29)34-22-7-9-25(24(30)16-22)37-17-20-4-3-5-21(31)14-20/h3-5,7,9,14,16,18-19H,6,8,10-13,15,17H2,1-2H3,(H,32,33,34). The van der Waals surface area contributed by atoms with Gasteiger partial charge in [0.2, 0.25) is 0 Å². The van der Waals surface area contributed by atoms with Gasteiger partial charge in [-0.1, -0.05) is 23.7 Å². The Morgan fingerprint density at radius 3 is 2.89 bits per heavy atom. The second-order valence-corrected chi connectivity index (χ2v) is 11.3. The zero-order valence-electron chi connectivity index (χ0n) is 21.7. The second-order valence-electron chi connectivity index (χ2n) is 9.79. The molecule has 0 saturated heterocycles. The average Bonchev–Trinajstić information content (AvgIpc) is 3.29. The van der Waals surface area contributed by atoms with Gasteiger partial charge in [0.05, 0.1) is 17.0 Å². The first kappa shape index (κ1) is 26.8. The van der Waals surface area contributed by atoms with Gasteiger partial charge in [0.1, 0.15) is 35.1 Å². The highest BCUT2D eigenvalue weighted by molar-refractivity contribution is 7.19. The molecule has 1 unspecified atom stereocenters. The predicted octanol–water partition coefficient (Wildman–Crippen LogP) is 6.88. The zero-order valence-corrected chi connectivity index (χ0v) is 23.2. The minimum atomic E-state index is -0.287. The van der Waals surface area contributed by atoms with Crippen LogP contribution in [0.25, 0.3) is 10.2 Å². The van der Waals surface area contributed by atoms with Crippen LogP contribution in [0.15, 0.2) is 48.8 Å². The third-order valence-corrected chi connectivity index (χ3v) is 8.48. The molecule has 2 heterocycles. The number of methoxy groups -OCH3 is 1. The number of likely N-dealkylation sites (N-methyl/N-ethyl adjacent to an activating group) is 1. The van der Waals surface area contributed by atoms with Gasteiger partial charge in [-0.3, -0.25) is 0 Å². The Kier molecular flexibility index (Phi) is 8.74. The van der Waals surface area contributed by atoms with Gasteiger partial charge >= 0.3 is 0 Å². The van der Waals surface area contributed by atoms with Crippen molar-refractivity contribution in [3.05, 3.63) is 75.6 Å². The van der Waals surface area contributed by atoms with Crippen LogP contribution in [0.1, 0.15) is 28.8 Å². The third-order valence-electron chi connectivity index (χ3n) is 7.02. The number of benzene rings is 2. The predicted molar refractivity (Wildman–Crippen MR) is 152 cm³/mol. The number of hydrogen-bond donors (Lipinski definition) is 1. The fourth-order valence-corrected chi connectivity index (χ4v) is 6.44. The van der Waals surface area contributed by atoms with E-state index in [4.69, 9.17) is 21.1 Å². The molecule has 0 aliphatic heterocycles. The molecule has 1 aliphatic rings. The Morgan fingerprint density at radius 1 is 1.18 bits per heavy atom. The Balaban J connectivity index is 1.26. The van der Waals surface area contributed by atoms with E-state index in [1.165, 1.54) is 35.4 Å². The Morgan fingerprint density at radius 2 is 2.08 bits per heavy atom. The summed E-state index contributed by atoms with van der Waals surface area (Å²) in [7, 11) is 3.91. The number of halogens is 2. The van der Waals surface area contributed by atoms with E-state index in [9.17, 15) is 4.39 Å². The Hall–Kier alpha value is -2.78. The van der Waals surface area contributed by atoms with Crippen molar-refractivity contribution in [1.29, 1.82) is 0 Å². The summed E-state index contributed by atoms with van der Waals surface area (Å²) in [6, 6.07) is 11.9. The lowest BCUT2D eigenvalue weighted by atomic mass is 9.85. The molecule has 1 atom stereocenters. The van der Waals surface area contributed by atoms with Crippen molar-refractivity contribution in [2.45, 2.75) is 32.3 Å². The van der Waals surface area contributed by atoms with Crippen LogP contribution < -0.4 is 10.1 Å². The molecule has 1 aliphatic carbocycles. The number of anilines is 2. The molecule has 0 spiro atoms. The Labute approximate surface area is 231 Å². The van der Waals surface area contributed by atoms with Crippen molar-refractivity contribution in [3.8, 4) is 5.75 Å². The summed E-state index contributed by atoms with van der Waals surface area (Å²) in [5, 5.41) is 5.04. The van der Waals surface area contributed by atoms with Crippen molar-refractivity contribution in [3.63, 3.8) is 0 Å². The van der Waals surface area contributed by atoms with Gasteiger partial charge in [0, 0.05) is 24.2 Å². The van der Waals surface area contributed by atoms with Crippen molar-refractivity contribution >= 4 is 44.7 Å². The first-order valence-corrected chi connectivity index (χ1v) is 14.1. The number of aromatic nitrogens is 2. The highest BCUT2D eigenvalue weighted by Gasteiger charge is 2.25. The molecule has 2 aromatic heterocycles. The van der Waals surface area contributed by atoms with Crippen LogP contribution in [0.3, 0.4) is 0 Å². The normalized spacial score (nSPS) is 15.1. The molecule has 0 radical (unpaired) electrons. The summed E-state index contributed by atoms with van der Waals surface area (Å²) in [5.41, 5.74) is 2.94. The van der Waals surface area contributed by atoms with Crippen molar-refractivity contribution in [2.24, 2.45) is 5.92 Å². The molecule has 4 aromatic rings. The lowest BCUT2D eigenvalue weighted by molar-refractivity contribution is 0.157. The Bertz CT molecular complexity index is 1400. The topological polar surface area (TPSA) is 59.5 Å². The van der Waals surface area contributed by atoms with Crippen LogP contribution >= 0.6 is 22.9 Å². The molecule has 6 nitrogen and oxygen atoms in total. The molecule has 9 heteroatoms. The van der Waals surface area contributed by atoms with Gasteiger partial charge in [-0.15, -0.1) is 11.3 Å². The highest BCUT2D eigenvalue weighted by atomic mass is 35.5. The van der Waals surface area contributed by atoms with E-state index in [0.717, 1.165) is 59.8 Å². The lowest BCUT2D eigenvalue weighted by Gasteiger charge is -2.25. The number of nitrogens with zero attached hydrogens (tertiary/aromatic N) is 3. The molecule has 0 bridgehead atoms. The van der Waals surface area contributed by atoms with E-state index in [1.54, 1.807) is 30.8 Å². The van der Waals surface area contributed by atoms with Gasteiger partial charge in [-0.2, -0.15) is 0 Å². The molecule has 2 aromatic carbocycles. The van der Waals surface area contributed by atoms with Crippen LogP contribution in [-0.2, 0) is 24.2 Å². The number of aryl methyl sites for hydroxylation is 1. The molecular formula is C29H32ClFN4O2S. The lowest BCUT2D eigenvalue weighted by Crippen LogP contribution is -2.26. The molecule has 0 amide bonds. The van der Waals surface area contributed by atoms with Gasteiger partial charge in [-0.25, -0.2) is 14.4 Å². The summed E-state index contributed by atoms with van der Waals surface area (Å²) in [6.07, 6.45) is 6.12. The monoisotopic (exact) mass is 554 g/mol. The maximum Gasteiger partial charge on any atom is 0.142 e. The minimum Gasteiger partial charge on any atom is -0.487 e. The van der Waals surface area contributed by atoms with Crippen molar-refractivity contribution < 1.29 is 13.9 Å². The summed E-state index contributed by atoms with van der Waals surface area (Å²) in [5.74, 6) is 1.74. The number of rotatable bonds is 11. The van der Waals surface area contributed by atoms with Crippen LogP contribution in [0.4, 0.5) is 15.9 Å².